The Kier molecular flexibility index (Phi) is 6.33. The highest BCUT2D eigenvalue weighted by Gasteiger charge is 2.32. The number of morpholine rings is 1. The largest absolute Gasteiger partial charge is 0.403 e. The van der Waals surface area contributed by atoms with Crippen molar-refractivity contribution in [1.29, 1.82) is 0 Å². The van der Waals surface area contributed by atoms with E-state index in [4.69, 9.17) is 9.15 Å². The van der Waals surface area contributed by atoms with Crippen molar-refractivity contribution in [3.8, 4) is 11.5 Å². The molecule has 0 radical (unpaired) electrons. The summed E-state index contributed by atoms with van der Waals surface area (Å²) in [4.78, 5) is 12.7. The molecule has 33 heavy (non-hydrogen) atoms. The van der Waals surface area contributed by atoms with Crippen molar-refractivity contribution in [2.24, 2.45) is 0 Å². The van der Waals surface area contributed by atoms with Crippen molar-refractivity contribution in [1.82, 2.24) is 14.5 Å². The number of nitrogens with zero attached hydrogens (tertiary/aromatic N) is 3. The predicted molar refractivity (Wildman–Crippen MR) is 122 cm³/mol. The molecule has 2 heterocycles. The van der Waals surface area contributed by atoms with E-state index in [2.05, 4.69) is 15.5 Å². The van der Waals surface area contributed by atoms with Crippen LogP contribution in [0.25, 0.3) is 11.5 Å². The molecule has 1 N–H and O–H groups in total. The van der Waals surface area contributed by atoms with Gasteiger partial charge < -0.3 is 9.15 Å². The first-order valence-electron chi connectivity index (χ1n) is 10.6. The molecule has 2 unspecified atom stereocenters. The number of benzene rings is 2. The molecule has 0 aliphatic carbocycles. The van der Waals surface area contributed by atoms with Crippen LogP contribution in [0.4, 0.5) is 6.01 Å². The third kappa shape index (κ3) is 5.13. The van der Waals surface area contributed by atoms with Gasteiger partial charge in [-0.15, -0.1) is 5.10 Å². The molecule has 174 valence electrons. The van der Waals surface area contributed by atoms with Crippen LogP contribution in [0.1, 0.15) is 35.3 Å². The van der Waals surface area contributed by atoms with Gasteiger partial charge in [-0.05, 0) is 64.1 Å². The monoisotopic (exact) mass is 470 g/mol. The van der Waals surface area contributed by atoms with Crippen LogP contribution in [0.3, 0.4) is 0 Å². The maximum absolute atomic E-state index is 13.0. The van der Waals surface area contributed by atoms with E-state index in [1.54, 1.807) is 0 Å². The molecular weight excluding hydrogens is 444 g/mol. The van der Waals surface area contributed by atoms with E-state index >= 15 is 0 Å². The zero-order chi connectivity index (χ0) is 23.8. The van der Waals surface area contributed by atoms with E-state index < -0.39 is 15.9 Å². The van der Waals surface area contributed by atoms with Crippen LogP contribution >= 0.6 is 0 Å². The molecule has 1 saturated heterocycles. The fourth-order valence-electron chi connectivity index (χ4n) is 3.91. The third-order valence-corrected chi connectivity index (χ3v) is 7.10. The molecule has 10 heteroatoms. The van der Waals surface area contributed by atoms with Gasteiger partial charge in [-0.3, -0.25) is 10.1 Å². The maximum Gasteiger partial charge on any atom is 0.322 e. The lowest BCUT2D eigenvalue weighted by atomic mass is 10.1. The average molecular weight is 471 g/mol. The minimum Gasteiger partial charge on any atom is -0.403 e. The summed E-state index contributed by atoms with van der Waals surface area (Å²) in [6.45, 7) is 8.20. The summed E-state index contributed by atoms with van der Waals surface area (Å²) < 4.78 is 38.6. The van der Waals surface area contributed by atoms with Crippen LogP contribution in [0.2, 0.25) is 0 Å². The van der Waals surface area contributed by atoms with Crippen LogP contribution in [0.5, 0.6) is 0 Å². The van der Waals surface area contributed by atoms with Crippen LogP contribution < -0.4 is 5.32 Å². The fourth-order valence-corrected chi connectivity index (χ4v) is 5.50. The van der Waals surface area contributed by atoms with Gasteiger partial charge in [0.05, 0.1) is 17.1 Å². The minimum absolute atomic E-state index is 0.0397. The number of hydrogen-bond acceptors (Lipinski definition) is 7. The zero-order valence-electron chi connectivity index (χ0n) is 18.9. The lowest BCUT2D eigenvalue weighted by Crippen LogP contribution is -2.48. The van der Waals surface area contributed by atoms with Crippen molar-refractivity contribution in [3.05, 3.63) is 59.2 Å². The van der Waals surface area contributed by atoms with Crippen LogP contribution in [-0.4, -0.2) is 54.1 Å². The van der Waals surface area contributed by atoms with Crippen molar-refractivity contribution in [2.45, 2.75) is 44.8 Å². The molecule has 9 nitrogen and oxygen atoms in total. The summed E-state index contributed by atoms with van der Waals surface area (Å²) in [7, 11) is -3.68. The van der Waals surface area contributed by atoms with Gasteiger partial charge in [-0.2, -0.15) is 4.31 Å². The molecule has 2 aromatic carbocycles. The molecule has 4 rings (SSSR count). The molecule has 0 saturated carbocycles. The third-order valence-electron chi connectivity index (χ3n) is 5.25. The second-order valence-electron chi connectivity index (χ2n) is 8.35. The van der Waals surface area contributed by atoms with Gasteiger partial charge in [-0.1, -0.05) is 22.3 Å². The number of amides is 1. The number of carbonyl (C=O) groups excluding carboxylic acids is 1. The number of aryl methyl sites for hydroxylation is 2. The Bertz CT molecular complexity index is 1240. The molecule has 1 fully saturated rings. The molecule has 1 amide bonds. The number of carbonyl (C=O) groups is 1. The Labute approximate surface area is 192 Å². The number of hydrogen-bond donors (Lipinski definition) is 1. The van der Waals surface area contributed by atoms with E-state index in [1.165, 1.54) is 28.6 Å². The molecule has 3 aromatic rings. The van der Waals surface area contributed by atoms with Crippen molar-refractivity contribution in [3.63, 3.8) is 0 Å². The first-order valence-corrected chi connectivity index (χ1v) is 12.0. The number of ether oxygens (including phenoxy) is 1. The minimum atomic E-state index is -3.68. The number of sulfonamides is 1. The van der Waals surface area contributed by atoms with Gasteiger partial charge in [-0.25, -0.2) is 8.42 Å². The van der Waals surface area contributed by atoms with Gasteiger partial charge in [0, 0.05) is 24.2 Å². The first-order chi connectivity index (χ1) is 15.6. The number of aromatic nitrogens is 2. The number of nitrogens with one attached hydrogen (secondary N) is 1. The molecule has 1 aliphatic heterocycles. The second kappa shape index (κ2) is 9.05. The molecule has 0 spiro atoms. The van der Waals surface area contributed by atoms with Crippen LogP contribution in [-0.2, 0) is 14.8 Å². The molecular formula is C23H26N4O5S. The Morgan fingerprint density at radius 3 is 2.21 bits per heavy atom. The SMILES string of the molecule is Cc1cc(C)cc(-c2nnc(NC(=O)c3ccc(S(=O)(=O)N4CC(C)OC(C)C4)cc3)o2)c1. The number of anilines is 1. The molecule has 1 aromatic heterocycles. The van der Waals surface area contributed by atoms with Crippen molar-refractivity contribution >= 4 is 21.9 Å². The van der Waals surface area contributed by atoms with Crippen LogP contribution in [0.15, 0.2) is 51.8 Å². The van der Waals surface area contributed by atoms with Gasteiger partial charge in [0.2, 0.25) is 15.9 Å². The highest BCUT2D eigenvalue weighted by Crippen LogP contribution is 2.24. The highest BCUT2D eigenvalue weighted by atomic mass is 32.2. The van der Waals surface area contributed by atoms with E-state index in [1.807, 2.05) is 45.9 Å². The first kappa shape index (κ1) is 23.1. The van der Waals surface area contributed by atoms with Gasteiger partial charge in [0.25, 0.3) is 5.91 Å². The van der Waals surface area contributed by atoms with Crippen LogP contribution in [0, 0.1) is 13.8 Å². The predicted octanol–water partition coefficient (Wildman–Crippen LogP) is 3.40. The van der Waals surface area contributed by atoms with E-state index in [-0.39, 0.29) is 41.8 Å². The van der Waals surface area contributed by atoms with E-state index in [0.717, 1.165) is 16.7 Å². The molecule has 0 bridgehead atoms. The van der Waals surface area contributed by atoms with Crippen molar-refractivity contribution < 1.29 is 22.4 Å². The lowest BCUT2D eigenvalue weighted by Gasteiger charge is -2.34. The van der Waals surface area contributed by atoms with Crippen molar-refractivity contribution in [2.75, 3.05) is 18.4 Å². The van der Waals surface area contributed by atoms with Gasteiger partial charge in [0.15, 0.2) is 0 Å². The standard InChI is InChI=1S/C23H26N4O5S/c1-14-9-15(2)11-19(10-14)22-25-26-23(32-22)24-21(28)18-5-7-20(8-6-18)33(29,30)27-12-16(3)31-17(4)13-27/h5-11,16-17H,12-13H2,1-4H3,(H,24,26,28). The average Bonchev–Trinajstić information content (AvgIpc) is 3.21. The molecule has 2 atom stereocenters. The molecule has 1 aliphatic rings. The summed E-state index contributed by atoms with van der Waals surface area (Å²) in [5.74, 6) is -0.185. The topological polar surface area (TPSA) is 115 Å². The van der Waals surface area contributed by atoms with E-state index in [0.29, 0.717) is 5.89 Å². The smallest absolute Gasteiger partial charge is 0.322 e. The normalized spacial score (nSPS) is 19.4. The fraction of sp³-hybridized carbons (Fsp3) is 0.348. The Balaban J connectivity index is 1.46. The Morgan fingerprint density at radius 2 is 1.61 bits per heavy atom. The lowest BCUT2D eigenvalue weighted by molar-refractivity contribution is -0.0440. The summed E-state index contributed by atoms with van der Waals surface area (Å²) in [6.07, 6.45) is -0.367. The maximum atomic E-state index is 13.0. The summed E-state index contributed by atoms with van der Waals surface area (Å²) >= 11 is 0. The number of rotatable bonds is 5. The quantitative estimate of drug-likeness (QED) is 0.608. The second-order valence-corrected chi connectivity index (χ2v) is 10.3. The summed E-state index contributed by atoms with van der Waals surface area (Å²) in [5.41, 5.74) is 3.15. The van der Waals surface area contributed by atoms with Gasteiger partial charge in [0.1, 0.15) is 0 Å². The summed E-state index contributed by atoms with van der Waals surface area (Å²) in [6, 6.07) is 11.6. The summed E-state index contributed by atoms with van der Waals surface area (Å²) in [5, 5.41) is 10.4. The Hall–Kier alpha value is -3.08. The van der Waals surface area contributed by atoms with Gasteiger partial charge >= 0.3 is 6.01 Å². The zero-order valence-corrected chi connectivity index (χ0v) is 19.7. The Morgan fingerprint density at radius 1 is 1.00 bits per heavy atom. The van der Waals surface area contributed by atoms with E-state index in [9.17, 15) is 13.2 Å². The highest BCUT2D eigenvalue weighted by molar-refractivity contribution is 7.89.